The molecule has 0 radical (unpaired) electrons. The molecule has 0 aromatic carbocycles. The Balaban J connectivity index is 1.78. The monoisotopic (exact) mass is 282 g/mol. The van der Waals surface area contributed by atoms with Crippen LogP contribution in [0.2, 0.25) is 0 Å². The summed E-state index contributed by atoms with van der Waals surface area (Å²) in [5.74, 6) is 1.34. The molecule has 0 saturated carbocycles. The molecule has 0 bridgehead atoms. The molecule has 0 aliphatic heterocycles. The van der Waals surface area contributed by atoms with Gasteiger partial charge in [-0.1, -0.05) is 13.8 Å². The van der Waals surface area contributed by atoms with Crippen LogP contribution in [0, 0.1) is 0 Å². The smallest absolute Gasteiger partial charge is 0.157 e. The lowest BCUT2D eigenvalue weighted by atomic mass is 10.1. The number of fused-ring (bicyclic) bond motifs is 1. The molecule has 0 atom stereocenters. The van der Waals surface area contributed by atoms with Crippen molar-refractivity contribution in [1.29, 1.82) is 0 Å². The molecular formula is C15H18N6. The SMILES string of the molecule is CC(C)c1cc(NCCc2cnccn2)n2nccc2n1. The van der Waals surface area contributed by atoms with Crippen LogP contribution in [-0.4, -0.2) is 31.1 Å². The van der Waals surface area contributed by atoms with Crippen LogP contribution in [0.5, 0.6) is 0 Å². The highest BCUT2D eigenvalue weighted by atomic mass is 15.3. The summed E-state index contributed by atoms with van der Waals surface area (Å²) < 4.78 is 1.82. The maximum atomic E-state index is 4.60. The fourth-order valence-electron chi connectivity index (χ4n) is 2.13. The second kappa shape index (κ2) is 5.87. The van der Waals surface area contributed by atoms with Gasteiger partial charge >= 0.3 is 0 Å². The van der Waals surface area contributed by atoms with Gasteiger partial charge in [-0.25, -0.2) is 4.98 Å². The second-order valence-electron chi connectivity index (χ2n) is 5.20. The zero-order valence-corrected chi connectivity index (χ0v) is 12.2. The third kappa shape index (κ3) is 2.99. The van der Waals surface area contributed by atoms with Crippen molar-refractivity contribution in [3.63, 3.8) is 0 Å². The van der Waals surface area contributed by atoms with E-state index in [1.807, 2.05) is 10.6 Å². The molecule has 1 N–H and O–H groups in total. The first-order valence-corrected chi connectivity index (χ1v) is 7.07. The van der Waals surface area contributed by atoms with Crippen LogP contribution in [-0.2, 0) is 6.42 Å². The van der Waals surface area contributed by atoms with Crippen LogP contribution in [0.25, 0.3) is 5.65 Å². The Labute approximate surface area is 123 Å². The highest BCUT2D eigenvalue weighted by Crippen LogP contribution is 2.18. The number of hydrogen-bond acceptors (Lipinski definition) is 5. The molecule has 6 heteroatoms. The number of nitrogens with zero attached hydrogens (tertiary/aromatic N) is 5. The van der Waals surface area contributed by atoms with E-state index in [1.165, 1.54) is 0 Å². The number of nitrogens with one attached hydrogen (secondary N) is 1. The van der Waals surface area contributed by atoms with Crippen LogP contribution in [0.1, 0.15) is 31.2 Å². The normalized spacial score (nSPS) is 11.2. The van der Waals surface area contributed by atoms with Gasteiger partial charge in [-0.3, -0.25) is 9.97 Å². The van der Waals surface area contributed by atoms with E-state index in [-0.39, 0.29) is 0 Å². The lowest BCUT2D eigenvalue weighted by Crippen LogP contribution is -2.11. The van der Waals surface area contributed by atoms with E-state index in [4.69, 9.17) is 0 Å². The highest BCUT2D eigenvalue weighted by molar-refractivity contribution is 5.49. The predicted molar refractivity (Wildman–Crippen MR) is 81.3 cm³/mol. The average Bonchev–Trinajstić information content (AvgIpc) is 2.96. The quantitative estimate of drug-likeness (QED) is 0.777. The van der Waals surface area contributed by atoms with Crippen molar-refractivity contribution >= 4 is 11.5 Å². The zero-order chi connectivity index (χ0) is 14.7. The van der Waals surface area contributed by atoms with Gasteiger partial charge in [0.2, 0.25) is 0 Å². The topological polar surface area (TPSA) is 68.0 Å². The van der Waals surface area contributed by atoms with Crippen molar-refractivity contribution < 1.29 is 0 Å². The second-order valence-corrected chi connectivity index (χ2v) is 5.20. The van der Waals surface area contributed by atoms with Gasteiger partial charge in [-0.05, 0) is 5.92 Å². The summed E-state index contributed by atoms with van der Waals surface area (Å²) in [5, 5.41) is 7.72. The van der Waals surface area contributed by atoms with Crippen LogP contribution in [0.4, 0.5) is 5.82 Å². The Kier molecular flexibility index (Phi) is 3.77. The summed E-state index contributed by atoms with van der Waals surface area (Å²) in [5.41, 5.74) is 2.90. The molecule has 21 heavy (non-hydrogen) atoms. The van der Waals surface area contributed by atoms with Crippen molar-refractivity contribution in [3.05, 3.63) is 48.3 Å². The van der Waals surface area contributed by atoms with Crippen molar-refractivity contribution in [3.8, 4) is 0 Å². The molecule has 3 aromatic rings. The fraction of sp³-hybridized carbons (Fsp3) is 0.333. The first-order chi connectivity index (χ1) is 10.2. The van der Waals surface area contributed by atoms with Crippen LogP contribution < -0.4 is 5.32 Å². The van der Waals surface area contributed by atoms with E-state index in [1.54, 1.807) is 24.8 Å². The minimum absolute atomic E-state index is 0.380. The third-order valence-corrected chi connectivity index (χ3v) is 3.27. The standard InChI is InChI=1S/C15H18N6/c1-11(2)13-9-15(21-14(20-13)4-6-19-21)18-5-3-12-10-16-7-8-17-12/h4,6-11,18H,3,5H2,1-2H3. The Morgan fingerprint density at radius 3 is 2.90 bits per heavy atom. The number of hydrogen-bond donors (Lipinski definition) is 1. The maximum absolute atomic E-state index is 4.60. The zero-order valence-electron chi connectivity index (χ0n) is 12.2. The van der Waals surface area contributed by atoms with Crippen LogP contribution >= 0.6 is 0 Å². The van der Waals surface area contributed by atoms with E-state index in [0.717, 1.165) is 35.8 Å². The van der Waals surface area contributed by atoms with Gasteiger partial charge in [0.25, 0.3) is 0 Å². The number of anilines is 1. The van der Waals surface area contributed by atoms with E-state index in [9.17, 15) is 0 Å². The lowest BCUT2D eigenvalue weighted by molar-refractivity contribution is 0.806. The highest BCUT2D eigenvalue weighted by Gasteiger charge is 2.08. The minimum Gasteiger partial charge on any atom is -0.370 e. The summed E-state index contributed by atoms with van der Waals surface area (Å²) in [6, 6.07) is 3.97. The first-order valence-electron chi connectivity index (χ1n) is 7.07. The van der Waals surface area contributed by atoms with Gasteiger partial charge in [-0.2, -0.15) is 9.61 Å². The molecule has 3 aromatic heterocycles. The van der Waals surface area contributed by atoms with Gasteiger partial charge in [0.1, 0.15) is 5.82 Å². The largest absolute Gasteiger partial charge is 0.370 e. The number of rotatable bonds is 5. The van der Waals surface area contributed by atoms with Crippen LogP contribution in [0.3, 0.4) is 0 Å². The van der Waals surface area contributed by atoms with Gasteiger partial charge in [0.15, 0.2) is 5.65 Å². The van der Waals surface area contributed by atoms with Gasteiger partial charge in [-0.15, -0.1) is 0 Å². The lowest BCUT2D eigenvalue weighted by Gasteiger charge is -2.11. The Bertz CT molecular complexity index is 719. The third-order valence-electron chi connectivity index (χ3n) is 3.27. The molecule has 0 fully saturated rings. The van der Waals surface area contributed by atoms with E-state index in [2.05, 4.69) is 45.3 Å². The summed E-state index contributed by atoms with van der Waals surface area (Å²) in [4.78, 5) is 12.9. The Morgan fingerprint density at radius 2 is 2.14 bits per heavy atom. The molecule has 0 spiro atoms. The van der Waals surface area contributed by atoms with Crippen molar-refractivity contribution in [2.45, 2.75) is 26.2 Å². The first kappa shape index (κ1) is 13.5. The molecule has 0 amide bonds. The minimum atomic E-state index is 0.380. The van der Waals surface area contributed by atoms with E-state index >= 15 is 0 Å². The van der Waals surface area contributed by atoms with Crippen molar-refractivity contribution in [2.75, 3.05) is 11.9 Å². The van der Waals surface area contributed by atoms with Crippen molar-refractivity contribution in [2.24, 2.45) is 0 Å². The Hall–Kier alpha value is -2.50. The van der Waals surface area contributed by atoms with Crippen LogP contribution in [0.15, 0.2) is 36.9 Å². The molecule has 6 nitrogen and oxygen atoms in total. The average molecular weight is 282 g/mol. The summed E-state index contributed by atoms with van der Waals surface area (Å²) in [6.45, 7) is 5.05. The molecule has 0 saturated heterocycles. The Morgan fingerprint density at radius 1 is 1.24 bits per heavy atom. The molecule has 108 valence electrons. The summed E-state index contributed by atoms with van der Waals surface area (Å²) in [7, 11) is 0. The van der Waals surface area contributed by atoms with Crippen molar-refractivity contribution in [1.82, 2.24) is 24.6 Å². The molecule has 0 aliphatic rings. The maximum Gasteiger partial charge on any atom is 0.157 e. The molecule has 3 heterocycles. The molecule has 0 aliphatic carbocycles. The molecular weight excluding hydrogens is 264 g/mol. The summed E-state index contributed by atoms with van der Waals surface area (Å²) >= 11 is 0. The molecule has 0 unspecified atom stereocenters. The molecule has 3 rings (SSSR count). The number of aromatic nitrogens is 5. The van der Waals surface area contributed by atoms with Gasteiger partial charge in [0.05, 0.1) is 11.9 Å². The summed E-state index contributed by atoms with van der Waals surface area (Å²) in [6.07, 6.45) is 7.76. The van der Waals surface area contributed by atoms with E-state index in [0.29, 0.717) is 5.92 Å². The predicted octanol–water partition coefficient (Wildman–Crippen LogP) is 2.30. The fourth-order valence-corrected chi connectivity index (χ4v) is 2.13. The van der Waals surface area contributed by atoms with Gasteiger partial charge < -0.3 is 5.32 Å². The van der Waals surface area contributed by atoms with E-state index < -0.39 is 0 Å². The van der Waals surface area contributed by atoms with Gasteiger partial charge in [0, 0.05) is 49.4 Å².